The number of nitrogens with one attached hydrogen (secondary N) is 1. The van der Waals surface area contributed by atoms with Crippen LogP contribution in [0.25, 0.3) is 0 Å². The van der Waals surface area contributed by atoms with Gasteiger partial charge in [-0.05, 0) is 44.6 Å². The monoisotopic (exact) mass is 195 g/mol. The van der Waals surface area contributed by atoms with E-state index in [1.165, 1.54) is 51.5 Å². The van der Waals surface area contributed by atoms with Crippen LogP contribution in [0.1, 0.15) is 51.9 Å². The Morgan fingerprint density at radius 2 is 2.14 bits per heavy atom. The van der Waals surface area contributed by atoms with Crippen LogP contribution in [0.15, 0.2) is 12.7 Å². The minimum atomic E-state index is 0.795. The maximum atomic E-state index is 3.81. The molecule has 1 aliphatic carbocycles. The molecule has 1 saturated carbocycles. The van der Waals surface area contributed by atoms with E-state index in [1.54, 1.807) is 0 Å². The largest absolute Gasteiger partial charge is 0.314 e. The highest BCUT2D eigenvalue weighted by Crippen LogP contribution is 2.28. The molecule has 82 valence electrons. The molecule has 0 aromatic heterocycles. The first-order valence-corrected chi connectivity index (χ1v) is 6.22. The van der Waals surface area contributed by atoms with Gasteiger partial charge in [-0.2, -0.15) is 0 Å². The third-order valence-corrected chi connectivity index (χ3v) is 3.31. The normalized spacial score (nSPS) is 27.5. The number of allylic oxidation sites excluding steroid dienone is 1. The third-order valence-electron chi connectivity index (χ3n) is 3.31. The lowest BCUT2D eigenvalue weighted by Crippen LogP contribution is -2.38. The van der Waals surface area contributed by atoms with Crippen LogP contribution in [0, 0.1) is 5.92 Å². The van der Waals surface area contributed by atoms with Crippen molar-refractivity contribution < 1.29 is 0 Å². The molecular formula is C13H25N. The summed E-state index contributed by atoms with van der Waals surface area (Å²) in [7, 11) is 0. The Balaban J connectivity index is 2.29. The highest BCUT2D eigenvalue weighted by atomic mass is 14.9. The summed E-state index contributed by atoms with van der Waals surface area (Å²) in [5.41, 5.74) is 0. The number of rotatable bonds is 6. The molecule has 0 aromatic rings. The first kappa shape index (κ1) is 11.8. The van der Waals surface area contributed by atoms with E-state index in [0.29, 0.717) is 0 Å². The van der Waals surface area contributed by atoms with Crippen molar-refractivity contribution in [1.82, 2.24) is 5.32 Å². The van der Waals surface area contributed by atoms with Crippen molar-refractivity contribution in [2.45, 2.75) is 57.9 Å². The van der Waals surface area contributed by atoms with Gasteiger partial charge in [-0.15, -0.1) is 6.58 Å². The lowest BCUT2D eigenvalue weighted by Gasteiger charge is -2.32. The minimum Gasteiger partial charge on any atom is -0.314 e. The molecule has 1 aliphatic rings. The molecule has 14 heavy (non-hydrogen) atoms. The van der Waals surface area contributed by atoms with Crippen molar-refractivity contribution in [2.24, 2.45) is 5.92 Å². The Bertz CT molecular complexity index is 153. The number of hydrogen-bond acceptors (Lipinski definition) is 1. The molecule has 1 fully saturated rings. The fraction of sp³-hybridized carbons (Fsp3) is 0.846. The smallest absolute Gasteiger partial charge is 0.00954 e. The average Bonchev–Trinajstić information content (AvgIpc) is 2.24. The average molecular weight is 195 g/mol. The van der Waals surface area contributed by atoms with Gasteiger partial charge in [0.2, 0.25) is 0 Å². The quantitative estimate of drug-likeness (QED) is 0.640. The molecule has 0 amide bonds. The van der Waals surface area contributed by atoms with E-state index >= 15 is 0 Å². The fourth-order valence-electron chi connectivity index (χ4n) is 2.48. The predicted molar refractivity (Wildman–Crippen MR) is 63.5 cm³/mol. The van der Waals surface area contributed by atoms with Crippen LogP contribution in [0.3, 0.4) is 0 Å². The fourth-order valence-corrected chi connectivity index (χ4v) is 2.48. The molecule has 0 aromatic carbocycles. The predicted octanol–water partition coefficient (Wildman–Crippen LogP) is 3.51. The van der Waals surface area contributed by atoms with Crippen molar-refractivity contribution in [2.75, 3.05) is 6.54 Å². The van der Waals surface area contributed by atoms with Crippen LogP contribution in [0.2, 0.25) is 0 Å². The van der Waals surface area contributed by atoms with Gasteiger partial charge in [0.25, 0.3) is 0 Å². The highest BCUT2D eigenvalue weighted by molar-refractivity contribution is 4.82. The second kappa shape index (κ2) is 7.05. The van der Waals surface area contributed by atoms with E-state index in [9.17, 15) is 0 Å². The van der Waals surface area contributed by atoms with Gasteiger partial charge in [-0.25, -0.2) is 0 Å². The lowest BCUT2D eigenvalue weighted by atomic mass is 9.81. The molecule has 1 nitrogen and oxygen atoms in total. The van der Waals surface area contributed by atoms with Crippen molar-refractivity contribution in [3.05, 3.63) is 12.7 Å². The lowest BCUT2D eigenvalue weighted by molar-refractivity contribution is 0.251. The molecule has 1 rings (SSSR count). The van der Waals surface area contributed by atoms with Crippen LogP contribution < -0.4 is 5.32 Å². The summed E-state index contributed by atoms with van der Waals surface area (Å²) < 4.78 is 0. The van der Waals surface area contributed by atoms with Crippen LogP contribution in [0.5, 0.6) is 0 Å². The Kier molecular flexibility index (Phi) is 5.93. The first-order valence-electron chi connectivity index (χ1n) is 6.22. The van der Waals surface area contributed by atoms with Crippen molar-refractivity contribution >= 4 is 0 Å². The van der Waals surface area contributed by atoms with Gasteiger partial charge >= 0.3 is 0 Å². The van der Waals surface area contributed by atoms with Crippen molar-refractivity contribution in [3.8, 4) is 0 Å². The first-order chi connectivity index (χ1) is 6.88. The van der Waals surface area contributed by atoms with E-state index in [2.05, 4.69) is 24.9 Å². The minimum absolute atomic E-state index is 0.795. The van der Waals surface area contributed by atoms with Gasteiger partial charge < -0.3 is 5.32 Å². The summed E-state index contributed by atoms with van der Waals surface area (Å²) in [6.45, 7) is 7.25. The van der Waals surface area contributed by atoms with Crippen LogP contribution >= 0.6 is 0 Å². The molecule has 0 aliphatic heterocycles. The maximum absolute atomic E-state index is 3.81. The zero-order valence-electron chi connectivity index (χ0n) is 9.60. The molecular weight excluding hydrogens is 170 g/mol. The summed E-state index contributed by atoms with van der Waals surface area (Å²) in [5, 5.41) is 3.70. The molecule has 0 radical (unpaired) electrons. The van der Waals surface area contributed by atoms with Gasteiger partial charge in [-0.3, -0.25) is 0 Å². The van der Waals surface area contributed by atoms with E-state index in [1.807, 2.05) is 0 Å². The Labute approximate surface area is 89.0 Å². The van der Waals surface area contributed by atoms with Crippen molar-refractivity contribution in [3.63, 3.8) is 0 Å². The van der Waals surface area contributed by atoms with Crippen molar-refractivity contribution in [1.29, 1.82) is 0 Å². The summed E-state index contributed by atoms with van der Waals surface area (Å²) >= 11 is 0. The Hall–Kier alpha value is -0.300. The van der Waals surface area contributed by atoms with Gasteiger partial charge in [0, 0.05) is 6.04 Å². The maximum Gasteiger partial charge on any atom is 0.00954 e. The molecule has 1 heteroatoms. The zero-order chi connectivity index (χ0) is 10.2. The molecule has 0 heterocycles. The topological polar surface area (TPSA) is 12.0 Å². The SMILES string of the molecule is C=CCCC1CCCCC1NCCC. The van der Waals surface area contributed by atoms with E-state index in [-0.39, 0.29) is 0 Å². The molecule has 1 N–H and O–H groups in total. The molecule has 0 spiro atoms. The third kappa shape index (κ3) is 3.83. The van der Waals surface area contributed by atoms with E-state index in [0.717, 1.165) is 12.0 Å². The number of hydrogen-bond donors (Lipinski definition) is 1. The van der Waals surface area contributed by atoms with Crippen LogP contribution in [-0.4, -0.2) is 12.6 Å². The van der Waals surface area contributed by atoms with Gasteiger partial charge in [0.05, 0.1) is 0 Å². The van der Waals surface area contributed by atoms with Crippen LogP contribution in [0.4, 0.5) is 0 Å². The second-order valence-corrected chi connectivity index (χ2v) is 4.47. The summed E-state index contributed by atoms with van der Waals surface area (Å²) in [6, 6.07) is 0.795. The molecule has 2 unspecified atom stereocenters. The van der Waals surface area contributed by atoms with Crippen LogP contribution in [-0.2, 0) is 0 Å². The zero-order valence-corrected chi connectivity index (χ0v) is 9.60. The summed E-state index contributed by atoms with van der Waals surface area (Å²) in [5.74, 6) is 0.910. The second-order valence-electron chi connectivity index (χ2n) is 4.47. The molecule has 0 bridgehead atoms. The van der Waals surface area contributed by atoms with Gasteiger partial charge in [0.15, 0.2) is 0 Å². The molecule has 0 saturated heterocycles. The van der Waals surface area contributed by atoms with E-state index in [4.69, 9.17) is 0 Å². The van der Waals surface area contributed by atoms with E-state index < -0.39 is 0 Å². The van der Waals surface area contributed by atoms with Gasteiger partial charge in [0.1, 0.15) is 0 Å². The summed E-state index contributed by atoms with van der Waals surface area (Å²) in [4.78, 5) is 0. The summed E-state index contributed by atoms with van der Waals surface area (Å²) in [6.07, 6.45) is 11.5. The Morgan fingerprint density at radius 3 is 2.86 bits per heavy atom. The highest BCUT2D eigenvalue weighted by Gasteiger charge is 2.23. The Morgan fingerprint density at radius 1 is 1.36 bits per heavy atom. The molecule has 2 atom stereocenters. The van der Waals surface area contributed by atoms with Gasteiger partial charge in [-0.1, -0.05) is 25.8 Å². The standard InChI is InChI=1S/C13H25N/c1-3-5-8-12-9-6-7-10-13(12)14-11-4-2/h3,12-14H,1,4-11H2,2H3.